The molecule has 3 rings (SSSR count). The van der Waals surface area contributed by atoms with Gasteiger partial charge >= 0.3 is 5.97 Å². The zero-order chi connectivity index (χ0) is 20.1. The lowest BCUT2D eigenvalue weighted by molar-refractivity contribution is -0.135. The van der Waals surface area contributed by atoms with E-state index in [-0.39, 0.29) is 12.3 Å². The van der Waals surface area contributed by atoms with Crippen LogP contribution in [0.1, 0.15) is 23.4 Å². The van der Waals surface area contributed by atoms with Crippen LogP contribution in [0.25, 0.3) is 23.0 Å². The Bertz CT molecular complexity index is 1020. The van der Waals surface area contributed by atoms with Gasteiger partial charge in [0.2, 0.25) is 5.82 Å². The predicted octanol–water partition coefficient (Wildman–Crippen LogP) is 4.08. The first-order chi connectivity index (χ1) is 13.5. The monoisotopic (exact) mass is 380 g/mol. The fourth-order valence-electron chi connectivity index (χ4n) is 2.73. The van der Waals surface area contributed by atoms with E-state index < -0.39 is 5.97 Å². The van der Waals surface area contributed by atoms with Gasteiger partial charge in [-0.2, -0.15) is 4.98 Å². The summed E-state index contributed by atoms with van der Waals surface area (Å²) in [6.07, 6.45) is 1.53. The number of carbonyl (C=O) groups is 1. The summed E-state index contributed by atoms with van der Waals surface area (Å²) in [6, 6.07) is 12.9. The lowest BCUT2D eigenvalue weighted by Gasteiger charge is -2.07. The highest BCUT2D eigenvalue weighted by molar-refractivity contribution is 5.90. The summed E-state index contributed by atoms with van der Waals surface area (Å²) >= 11 is 0. The van der Waals surface area contributed by atoms with Crippen molar-refractivity contribution in [3.8, 4) is 22.9 Å². The highest BCUT2D eigenvalue weighted by Gasteiger charge is 2.17. The van der Waals surface area contributed by atoms with Gasteiger partial charge in [0.1, 0.15) is 0 Å². The van der Waals surface area contributed by atoms with Gasteiger partial charge in [-0.1, -0.05) is 29.4 Å². The van der Waals surface area contributed by atoms with Crippen LogP contribution in [0.15, 0.2) is 47.0 Å². The van der Waals surface area contributed by atoms with Crippen LogP contribution in [0.3, 0.4) is 0 Å². The van der Waals surface area contributed by atoms with Gasteiger partial charge in [0.15, 0.2) is 11.5 Å². The maximum atomic E-state index is 11.3. The van der Waals surface area contributed by atoms with Gasteiger partial charge in [-0.15, -0.1) is 0 Å². The Kier molecular flexibility index (Phi) is 5.74. The summed E-state index contributed by atoms with van der Waals surface area (Å²) in [7, 11) is 3.09. The molecule has 0 saturated carbocycles. The van der Waals surface area contributed by atoms with Crippen molar-refractivity contribution >= 4 is 17.6 Å². The quantitative estimate of drug-likeness (QED) is 0.660. The maximum Gasteiger partial charge on any atom is 0.308 e. The molecule has 0 unspecified atom stereocenters. The lowest BCUT2D eigenvalue weighted by atomic mass is 10.0. The first kappa shape index (κ1) is 19.2. The number of rotatable bonds is 7. The van der Waals surface area contributed by atoms with Crippen molar-refractivity contribution in [2.45, 2.75) is 13.3 Å². The molecule has 0 saturated heterocycles. The number of hydrogen-bond donors (Lipinski definition) is 1. The van der Waals surface area contributed by atoms with E-state index in [1.807, 2.05) is 31.2 Å². The Morgan fingerprint density at radius 3 is 2.57 bits per heavy atom. The molecule has 0 aliphatic heterocycles. The van der Waals surface area contributed by atoms with Crippen molar-refractivity contribution in [2.75, 3.05) is 14.2 Å². The van der Waals surface area contributed by atoms with Crippen LogP contribution in [-0.2, 0) is 4.79 Å². The first-order valence-electron chi connectivity index (χ1n) is 8.56. The number of aliphatic carboxylic acids is 1. The van der Waals surface area contributed by atoms with E-state index in [0.29, 0.717) is 28.5 Å². The van der Waals surface area contributed by atoms with Crippen LogP contribution in [-0.4, -0.2) is 35.4 Å². The second-order valence-corrected chi connectivity index (χ2v) is 6.09. The Hall–Kier alpha value is -3.61. The van der Waals surface area contributed by atoms with E-state index in [1.165, 1.54) is 0 Å². The molecule has 0 aliphatic rings. The topological polar surface area (TPSA) is 94.7 Å². The fourth-order valence-corrected chi connectivity index (χ4v) is 2.73. The summed E-state index contributed by atoms with van der Waals surface area (Å²) in [4.78, 5) is 15.7. The number of aromatic nitrogens is 2. The van der Waals surface area contributed by atoms with E-state index in [2.05, 4.69) is 10.1 Å². The molecule has 0 radical (unpaired) electrons. The second-order valence-electron chi connectivity index (χ2n) is 6.09. The summed E-state index contributed by atoms with van der Waals surface area (Å²) in [5, 5.41) is 13.3. The van der Waals surface area contributed by atoms with Crippen molar-refractivity contribution in [1.29, 1.82) is 0 Å². The van der Waals surface area contributed by atoms with Gasteiger partial charge in [0, 0.05) is 11.1 Å². The van der Waals surface area contributed by atoms with Crippen molar-refractivity contribution in [2.24, 2.45) is 0 Å². The lowest BCUT2D eigenvalue weighted by Crippen LogP contribution is -1.98. The maximum absolute atomic E-state index is 11.3. The van der Waals surface area contributed by atoms with E-state index in [1.54, 1.807) is 38.5 Å². The molecule has 7 heteroatoms. The largest absolute Gasteiger partial charge is 0.493 e. The third kappa shape index (κ3) is 4.20. The molecule has 0 aliphatic carbocycles. The van der Waals surface area contributed by atoms with Gasteiger partial charge in [0.05, 0.1) is 20.6 Å². The molecular formula is C21H20N2O5. The minimum absolute atomic E-state index is 0.162. The van der Waals surface area contributed by atoms with Gasteiger partial charge in [0.25, 0.3) is 5.89 Å². The molecule has 1 heterocycles. The molecule has 0 bridgehead atoms. The summed E-state index contributed by atoms with van der Waals surface area (Å²) < 4.78 is 15.9. The molecular weight excluding hydrogens is 360 g/mol. The summed E-state index contributed by atoms with van der Waals surface area (Å²) in [5.74, 6) is 0.631. The molecule has 144 valence electrons. The number of nitrogens with zero attached hydrogens (tertiary/aromatic N) is 2. The summed E-state index contributed by atoms with van der Waals surface area (Å²) in [5.41, 5.74) is 3.01. The van der Waals surface area contributed by atoms with Crippen molar-refractivity contribution in [3.05, 3.63) is 59.5 Å². The molecule has 0 atom stereocenters. The molecule has 2 aromatic carbocycles. The smallest absolute Gasteiger partial charge is 0.308 e. The van der Waals surface area contributed by atoms with Crippen molar-refractivity contribution in [1.82, 2.24) is 10.1 Å². The van der Waals surface area contributed by atoms with Crippen LogP contribution in [0, 0.1) is 6.92 Å². The number of methoxy groups -OCH3 is 2. The number of ether oxygens (including phenoxy) is 2. The standard InChI is InChI=1S/C21H20N2O5/c1-13-6-4-5-7-14(13)10-16(12-19(24)25)21-22-20(23-28-21)15-8-9-17(26-2)18(11-15)27-3/h4-11H,12H2,1-3H3,(H,24,25)/b16-10+. The zero-order valence-electron chi connectivity index (χ0n) is 15.8. The normalized spacial score (nSPS) is 11.3. The molecule has 3 aromatic rings. The van der Waals surface area contributed by atoms with E-state index in [0.717, 1.165) is 11.1 Å². The molecule has 1 N–H and O–H groups in total. The number of carboxylic acids is 1. The number of aryl methyl sites for hydroxylation is 1. The Labute approximate surface area is 162 Å². The number of benzene rings is 2. The summed E-state index contributed by atoms with van der Waals surface area (Å²) in [6.45, 7) is 1.95. The van der Waals surface area contributed by atoms with Crippen LogP contribution < -0.4 is 9.47 Å². The van der Waals surface area contributed by atoms with E-state index in [4.69, 9.17) is 14.0 Å². The van der Waals surface area contributed by atoms with Crippen LogP contribution in [0.5, 0.6) is 11.5 Å². The molecule has 28 heavy (non-hydrogen) atoms. The Balaban J connectivity index is 1.99. The van der Waals surface area contributed by atoms with Crippen molar-refractivity contribution in [3.63, 3.8) is 0 Å². The van der Waals surface area contributed by atoms with Gasteiger partial charge in [-0.25, -0.2) is 0 Å². The SMILES string of the molecule is COc1ccc(-c2noc(/C(=C/c3ccccc3C)CC(=O)O)n2)cc1OC. The highest BCUT2D eigenvalue weighted by Crippen LogP contribution is 2.32. The third-order valence-electron chi connectivity index (χ3n) is 4.20. The van der Waals surface area contributed by atoms with Crippen LogP contribution in [0.2, 0.25) is 0 Å². The van der Waals surface area contributed by atoms with Crippen LogP contribution in [0.4, 0.5) is 0 Å². The number of hydrogen-bond acceptors (Lipinski definition) is 6. The average molecular weight is 380 g/mol. The minimum Gasteiger partial charge on any atom is -0.493 e. The van der Waals surface area contributed by atoms with Crippen molar-refractivity contribution < 1.29 is 23.9 Å². The van der Waals surface area contributed by atoms with Gasteiger partial charge in [-0.05, 0) is 42.3 Å². The Morgan fingerprint density at radius 1 is 1.14 bits per heavy atom. The van der Waals surface area contributed by atoms with E-state index in [9.17, 15) is 9.90 Å². The molecule has 0 spiro atoms. The van der Waals surface area contributed by atoms with Gasteiger partial charge in [-0.3, -0.25) is 4.79 Å². The molecule has 1 aromatic heterocycles. The third-order valence-corrected chi connectivity index (χ3v) is 4.20. The minimum atomic E-state index is -0.981. The van der Waals surface area contributed by atoms with E-state index >= 15 is 0 Å². The second kappa shape index (κ2) is 8.39. The Morgan fingerprint density at radius 2 is 1.89 bits per heavy atom. The molecule has 0 fully saturated rings. The molecule has 0 amide bonds. The zero-order valence-corrected chi connectivity index (χ0v) is 15.8. The molecule has 7 nitrogen and oxygen atoms in total. The number of carboxylic acid groups (broad SMARTS) is 1. The highest BCUT2D eigenvalue weighted by atomic mass is 16.5. The van der Waals surface area contributed by atoms with Gasteiger partial charge < -0.3 is 19.1 Å². The predicted molar refractivity (Wildman–Crippen MR) is 104 cm³/mol. The van der Waals surface area contributed by atoms with Crippen LogP contribution >= 0.6 is 0 Å². The fraction of sp³-hybridized carbons (Fsp3) is 0.190. The average Bonchev–Trinajstić information content (AvgIpc) is 3.18. The first-order valence-corrected chi connectivity index (χ1v) is 8.56.